The third-order valence-corrected chi connectivity index (χ3v) is 2.40. The van der Waals surface area contributed by atoms with Gasteiger partial charge < -0.3 is 19.7 Å². The molecule has 0 unspecified atom stereocenters. The summed E-state index contributed by atoms with van der Waals surface area (Å²) in [6, 6.07) is 8.77. The second kappa shape index (κ2) is 8.57. The number of benzene rings is 1. The van der Waals surface area contributed by atoms with Gasteiger partial charge in [-0.15, -0.1) is 0 Å². The zero-order valence-corrected chi connectivity index (χ0v) is 12.0. The number of para-hydroxylation sites is 1. The Morgan fingerprint density at radius 3 is 2.38 bits per heavy atom. The van der Waals surface area contributed by atoms with E-state index in [1.165, 1.54) is 4.90 Å². The van der Waals surface area contributed by atoms with Crippen molar-refractivity contribution in [2.75, 3.05) is 33.9 Å². The largest absolute Gasteiger partial charge is 0.482 e. The van der Waals surface area contributed by atoms with Crippen LogP contribution in [0.2, 0.25) is 0 Å². The molecule has 0 atom stereocenters. The fraction of sp³-hybridized carbons (Fsp3) is 0.357. The number of esters is 1. The minimum Gasteiger partial charge on any atom is -0.482 e. The van der Waals surface area contributed by atoms with E-state index < -0.39 is 18.5 Å². The predicted octanol–water partition coefficient (Wildman–Crippen LogP) is -0.187. The maximum absolute atomic E-state index is 11.4. The Hall–Kier alpha value is -2.57. The quantitative estimate of drug-likeness (QED) is 0.705. The maximum Gasteiger partial charge on any atom is 0.344 e. The third kappa shape index (κ3) is 6.95. The Bertz CT molecular complexity index is 487. The van der Waals surface area contributed by atoms with Crippen LogP contribution in [0.4, 0.5) is 0 Å². The van der Waals surface area contributed by atoms with Gasteiger partial charge in [0.1, 0.15) is 5.75 Å². The molecule has 1 N–H and O–H groups in total. The molecular weight excluding hydrogens is 276 g/mol. The summed E-state index contributed by atoms with van der Waals surface area (Å²) in [5.74, 6) is -0.913. The van der Waals surface area contributed by atoms with E-state index >= 15 is 0 Å². The van der Waals surface area contributed by atoms with Gasteiger partial charge in [-0.2, -0.15) is 0 Å². The molecule has 0 heterocycles. The normalized spacial score (nSPS) is 9.62. The summed E-state index contributed by atoms with van der Waals surface area (Å²) >= 11 is 0. The summed E-state index contributed by atoms with van der Waals surface area (Å²) in [6.07, 6.45) is 0. The first kappa shape index (κ1) is 16.5. The second-order valence-electron chi connectivity index (χ2n) is 4.33. The molecule has 0 spiro atoms. The third-order valence-electron chi connectivity index (χ3n) is 2.40. The Balaban J connectivity index is 2.18. The number of rotatable bonds is 7. The van der Waals surface area contributed by atoms with Crippen LogP contribution < -0.4 is 10.1 Å². The van der Waals surface area contributed by atoms with Gasteiger partial charge in [0.25, 0.3) is 5.91 Å². The number of ether oxygens (including phenoxy) is 2. The highest BCUT2D eigenvalue weighted by molar-refractivity contribution is 5.86. The number of likely N-dealkylation sites (N-methyl/N-ethyl adjacent to an activating group) is 1. The first-order chi connectivity index (χ1) is 9.99. The van der Waals surface area contributed by atoms with E-state index in [0.717, 1.165) is 0 Å². The van der Waals surface area contributed by atoms with Crippen molar-refractivity contribution in [2.24, 2.45) is 0 Å². The molecular formula is C14H18N2O5. The van der Waals surface area contributed by atoms with Gasteiger partial charge in [0.05, 0.1) is 6.54 Å². The van der Waals surface area contributed by atoms with Gasteiger partial charge >= 0.3 is 5.97 Å². The van der Waals surface area contributed by atoms with Gasteiger partial charge in [-0.3, -0.25) is 9.59 Å². The minimum atomic E-state index is -0.659. The zero-order valence-electron chi connectivity index (χ0n) is 12.0. The average molecular weight is 294 g/mol. The monoisotopic (exact) mass is 294 g/mol. The number of carbonyl (C=O) groups excluding carboxylic acids is 3. The van der Waals surface area contributed by atoms with Crippen molar-refractivity contribution in [1.29, 1.82) is 0 Å². The van der Waals surface area contributed by atoms with Crippen LogP contribution in [0.5, 0.6) is 5.75 Å². The lowest BCUT2D eigenvalue weighted by molar-refractivity contribution is -0.150. The highest BCUT2D eigenvalue weighted by Gasteiger charge is 2.10. The van der Waals surface area contributed by atoms with Crippen molar-refractivity contribution >= 4 is 17.8 Å². The molecule has 1 rings (SSSR count). The summed E-state index contributed by atoms with van der Waals surface area (Å²) in [5.41, 5.74) is 0. The Morgan fingerprint density at radius 2 is 1.76 bits per heavy atom. The molecule has 0 aromatic heterocycles. The molecule has 21 heavy (non-hydrogen) atoms. The Kier molecular flexibility index (Phi) is 6.73. The summed E-state index contributed by atoms with van der Waals surface area (Å²) < 4.78 is 9.88. The van der Waals surface area contributed by atoms with E-state index in [0.29, 0.717) is 5.75 Å². The van der Waals surface area contributed by atoms with Crippen LogP contribution in [-0.4, -0.2) is 56.5 Å². The predicted molar refractivity (Wildman–Crippen MR) is 74.6 cm³/mol. The van der Waals surface area contributed by atoms with Crippen LogP contribution in [-0.2, 0) is 19.1 Å². The van der Waals surface area contributed by atoms with Gasteiger partial charge in [-0.1, -0.05) is 18.2 Å². The number of nitrogens with zero attached hydrogens (tertiary/aromatic N) is 1. The van der Waals surface area contributed by atoms with E-state index in [2.05, 4.69) is 5.32 Å². The van der Waals surface area contributed by atoms with E-state index in [1.54, 1.807) is 38.4 Å². The number of carbonyl (C=O) groups is 3. The molecule has 2 amide bonds. The molecule has 1 aromatic carbocycles. The fourth-order valence-electron chi connectivity index (χ4n) is 1.23. The standard InChI is InChI=1S/C14H18N2O5/c1-16(2)13(18)8-15-12(17)9-21-14(19)10-20-11-6-4-3-5-7-11/h3-7H,8-10H2,1-2H3,(H,15,17). The number of nitrogens with one attached hydrogen (secondary N) is 1. The topological polar surface area (TPSA) is 84.9 Å². The molecule has 114 valence electrons. The molecule has 0 bridgehead atoms. The van der Waals surface area contributed by atoms with Crippen LogP contribution in [0.3, 0.4) is 0 Å². The molecule has 0 aliphatic rings. The first-order valence-corrected chi connectivity index (χ1v) is 6.29. The van der Waals surface area contributed by atoms with Crippen LogP contribution in [0.1, 0.15) is 0 Å². The first-order valence-electron chi connectivity index (χ1n) is 6.29. The molecule has 0 aliphatic carbocycles. The van der Waals surface area contributed by atoms with Crippen molar-refractivity contribution in [3.63, 3.8) is 0 Å². The number of hydrogen-bond donors (Lipinski definition) is 1. The summed E-state index contributed by atoms with van der Waals surface area (Å²) in [6.45, 7) is -0.866. The lowest BCUT2D eigenvalue weighted by atomic mass is 10.3. The van der Waals surface area contributed by atoms with Crippen molar-refractivity contribution in [1.82, 2.24) is 10.2 Å². The summed E-state index contributed by atoms with van der Waals surface area (Å²) in [7, 11) is 3.16. The number of amides is 2. The van der Waals surface area contributed by atoms with E-state index in [9.17, 15) is 14.4 Å². The van der Waals surface area contributed by atoms with Gasteiger partial charge in [0, 0.05) is 14.1 Å². The molecule has 0 radical (unpaired) electrons. The van der Waals surface area contributed by atoms with Crippen molar-refractivity contribution in [2.45, 2.75) is 0 Å². The molecule has 7 nitrogen and oxygen atoms in total. The van der Waals surface area contributed by atoms with E-state index in [1.807, 2.05) is 6.07 Å². The van der Waals surface area contributed by atoms with Crippen LogP contribution in [0.25, 0.3) is 0 Å². The fourth-order valence-corrected chi connectivity index (χ4v) is 1.23. The van der Waals surface area contributed by atoms with Crippen molar-refractivity contribution < 1.29 is 23.9 Å². The lowest BCUT2D eigenvalue weighted by Gasteiger charge is -2.11. The van der Waals surface area contributed by atoms with Crippen LogP contribution >= 0.6 is 0 Å². The van der Waals surface area contributed by atoms with Crippen molar-refractivity contribution in [3.8, 4) is 5.75 Å². The zero-order chi connectivity index (χ0) is 15.7. The smallest absolute Gasteiger partial charge is 0.344 e. The number of hydrogen-bond acceptors (Lipinski definition) is 5. The molecule has 0 fully saturated rings. The average Bonchev–Trinajstić information content (AvgIpc) is 2.49. The second-order valence-corrected chi connectivity index (χ2v) is 4.33. The van der Waals surface area contributed by atoms with Gasteiger partial charge in [0.2, 0.25) is 5.91 Å². The van der Waals surface area contributed by atoms with Crippen molar-refractivity contribution in [3.05, 3.63) is 30.3 Å². The Labute approximate surface area is 122 Å². The molecule has 0 saturated heterocycles. The highest BCUT2D eigenvalue weighted by Crippen LogP contribution is 2.07. The van der Waals surface area contributed by atoms with Crippen LogP contribution in [0, 0.1) is 0 Å². The maximum atomic E-state index is 11.4. The van der Waals surface area contributed by atoms with E-state index in [-0.39, 0.29) is 19.1 Å². The van der Waals surface area contributed by atoms with Gasteiger partial charge in [-0.05, 0) is 12.1 Å². The van der Waals surface area contributed by atoms with Gasteiger partial charge in [0.15, 0.2) is 13.2 Å². The molecule has 7 heteroatoms. The summed E-state index contributed by atoms with van der Waals surface area (Å²) in [4.78, 5) is 35.3. The molecule has 0 aliphatic heterocycles. The van der Waals surface area contributed by atoms with E-state index in [4.69, 9.17) is 9.47 Å². The molecule has 0 saturated carbocycles. The SMILES string of the molecule is CN(C)C(=O)CNC(=O)COC(=O)COc1ccccc1. The summed E-state index contributed by atoms with van der Waals surface area (Å²) in [5, 5.41) is 2.34. The van der Waals surface area contributed by atoms with Gasteiger partial charge in [-0.25, -0.2) is 4.79 Å². The molecule has 1 aromatic rings. The Morgan fingerprint density at radius 1 is 1.10 bits per heavy atom. The van der Waals surface area contributed by atoms with Crippen LogP contribution in [0.15, 0.2) is 30.3 Å². The minimum absolute atomic E-state index is 0.135. The lowest BCUT2D eigenvalue weighted by Crippen LogP contribution is -2.38. The highest BCUT2D eigenvalue weighted by atomic mass is 16.6.